The first-order valence-electron chi connectivity index (χ1n) is 7.14. The smallest absolute Gasteiger partial charge is 0.137 e. The van der Waals surface area contributed by atoms with Crippen LogP contribution in [0.4, 0.5) is 4.39 Å². The van der Waals surface area contributed by atoms with Gasteiger partial charge < -0.3 is 10.2 Å². The minimum atomic E-state index is -0.192. The Hall–Kier alpha value is -0.450. The molecule has 0 aromatic heterocycles. The van der Waals surface area contributed by atoms with E-state index in [9.17, 15) is 4.39 Å². The molecule has 4 heteroatoms. The number of nitrogens with zero attached hydrogens (tertiary/aromatic N) is 1. The molecule has 2 aliphatic heterocycles. The molecular weight excluding hydrogens is 307 g/mol. The van der Waals surface area contributed by atoms with Gasteiger partial charge in [-0.1, -0.05) is 6.07 Å². The summed E-state index contributed by atoms with van der Waals surface area (Å²) < 4.78 is 13.7. The predicted octanol–water partition coefficient (Wildman–Crippen LogP) is 3.30. The van der Waals surface area contributed by atoms with Crippen molar-refractivity contribution < 1.29 is 4.39 Å². The molecule has 2 heterocycles. The zero-order valence-electron chi connectivity index (χ0n) is 11.0. The van der Waals surface area contributed by atoms with Crippen LogP contribution in [0.15, 0.2) is 22.7 Å². The fraction of sp³-hybridized carbons (Fsp3) is 0.600. The van der Waals surface area contributed by atoms with Crippen molar-refractivity contribution in [3.8, 4) is 0 Å². The van der Waals surface area contributed by atoms with Crippen LogP contribution in [0.25, 0.3) is 0 Å². The molecule has 0 amide bonds. The molecule has 1 aromatic rings. The molecule has 3 rings (SSSR count). The van der Waals surface area contributed by atoms with Crippen LogP contribution in [0.5, 0.6) is 0 Å². The second-order valence-corrected chi connectivity index (χ2v) is 6.54. The van der Waals surface area contributed by atoms with E-state index in [2.05, 4.69) is 26.1 Å². The molecule has 1 N–H and O–H groups in total. The van der Waals surface area contributed by atoms with Gasteiger partial charge in [0.1, 0.15) is 5.82 Å². The van der Waals surface area contributed by atoms with Crippen molar-refractivity contribution in [2.45, 2.75) is 44.3 Å². The summed E-state index contributed by atoms with van der Waals surface area (Å²) in [4.78, 5) is 2.63. The van der Waals surface area contributed by atoms with Crippen molar-refractivity contribution in [2.24, 2.45) is 0 Å². The second kappa shape index (κ2) is 5.90. The van der Waals surface area contributed by atoms with Crippen molar-refractivity contribution in [1.29, 1.82) is 0 Å². The van der Waals surface area contributed by atoms with Crippen LogP contribution in [-0.4, -0.2) is 30.1 Å². The molecule has 2 saturated heterocycles. The fourth-order valence-corrected chi connectivity index (χ4v) is 3.75. The molecule has 2 atom stereocenters. The van der Waals surface area contributed by atoms with E-state index < -0.39 is 0 Å². The van der Waals surface area contributed by atoms with Crippen LogP contribution in [-0.2, 0) is 6.54 Å². The van der Waals surface area contributed by atoms with Crippen LogP contribution in [0.2, 0.25) is 0 Å². The third kappa shape index (κ3) is 3.18. The molecule has 2 aliphatic rings. The number of hydrogen-bond donors (Lipinski definition) is 1. The third-order valence-corrected chi connectivity index (χ3v) is 5.01. The Balaban J connectivity index is 1.53. The second-order valence-electron chi connectivity index (χ2n) is 5.68. The van der Waals surface area contributed by atoms with Gasteiger partial charge in [-0.3, -0.25) is 0 Å². The van der Waals surface area contributed by atoms with Crippen molar-refractivity contribution in [2.75, 3.05) is 13.1 Å². The van der Waals surface area contributed by atoms with Crippen LogP contribution in [0.3, 0.4) is 0 Å². The van der Waals surface area contributed by atoms with E-state index in [-0.39, 0.29) is 5.82 Å². The van der Waals surface area contributed by atoms with Gasteiger partial charge in [0, 0.05) is 18.6 Å². The van der Waals surface area contributed by atoms with E-state index >= 15 is 0 Å². The quantitative estimate of drug-likeness (QED) is 0.916. The van der Waals surface area contributed by atoms with Crippen molar-refractivity contribution >= 4 is 15.9 Å². The zero-order valence-corrected chi connectivity index (χ0v) is 12.6. The Morgan fingerprint density at radius 3 is 3.05 bits per heavy atom. The topological polar surface area (TPSA) is 15.3 Å². The molecule has 0 saturated carbocycles. The Bertz CT molecular complexity index is 452. The van der Waals surface area contributed by atoms with Crippen LogP contribution >= 0.6 is 15.9 Å². The molecule has 19 heavy (non-hydrogen) atoms. The lowest BCUT2D eigenvalue weighted by Gasteiger charge is -2.35. The highest BCUT2D eigenvalue weighted by Crippen LogP contribution is 2.27. The maximum absolute atomic E-state index is 13.2. The van der Waals surface area contributed by atoms with Crippen LogP contribution < -0.4 is 5.32 Å². The minimum absolute atomic E-state index is 0.192. The normalized spacial score (nSPS) is 27.5. The monoisotopic (exact) mass is 326 g/mol. The molecule has 2 unspecified atom stereocenters. The number of rotatable bonds is 3. The summed E-state index contributed by atoms with van der Waals surface area (Å²) in [5.41, 5.74) is 1.14. The van der Waals surface area contributed by atoms with Crippen molar-refractivity contribution in [3.63, 3.8) is 0 Å². The standard InChI is InChI=1S/C15H20BrFN2/c16-14-8-11(3-4-15(14)17)10-18-12-5-7-19-6-1-2-13(19)9-12/h3-4,8,12-13,18H,1-2,5-7,9-10H2. The maximum Gasteiger partial charge on any atom is 0.137 e. The van der Waals surface area contributed by atoms with Crippen molar-refractivity contribution in [1.82, 2.24) is 10.2 Å². The Kier molecular flexibility index (Phi) is 4.20. The van der Waals surface area contributed by atoms with Gasteiger partial charge in [0.15, 0.2) is 0 Å². The van der Waals surface area contributed by atoms with Gasteiger partial charge >= 0.3 is 0 Å². The molecule has 2 nitrogen and oxygen atoms in total. The molecular formula is C15H20BrFN2. The number of nitrogens with one attached hydrogen (secondary N) is 1. The lowest BCUT2D eigenvalue weighted by atomic mass is 9.97. The maximum atomic E-state index is 13.2. The first-order valence-corrected chi connectivity index (χ1v) is 7.93. The Morgan fingerprint density at radius 2 is 2.21 bits per heavy atom. The zero-order chi connectivity index (χ0) is 13.2. The number of halogens is 2. The number of fused-ring (bicyclic) bond motifs is 1. The summed E-state index contributed by atoms with van der Waals surface area (Å²) in [5.74, 6) is -0.192. The van der Waals surface area contributed by atoms with Gasteiger partial charge in [-0.05, 0) is 72.4 Å². The summed E-state index contributed by atoms with van der Waals surface area (Å²) in [6, 6.07) is 6.67. The highest BCUT2D eigenvalue weighted by molar-refractivity contribution is 9.10. The number of hydrogen-bond acceptors (Lipinski definition) is 2. The molecule has 2 fully saturated rings. The molecule has 0 aliphatic carbocycles. The largest absolute Gasteiger partial charge is 0.310 e. The average molecular weight is 327 g/mol. The van der Waals surface area contributed by atoms with Crippen molar-refractivity contribution in [3.05, 3.63) is 34.1 Å². The first kappa shape index (κ1) is 13.5. The average Bonchev–Trinajstić information content (AvgIpc) is 2.87. The van der Waals surface area contributed by atoms with Crippen LogP contribution in [0.1, 0.15) is 31.2 Å². The predicted molar refractivity (Wildman–Crippen MR) is 78.6 cm³/mol. The SMILES string of the molecule is Fc1ccc(CNC2CCN3CCCC3C2)cc1Br. The highest BCUT2D eigenvalue weighted by Gasteiger charge is 2.31. The fourth-order valence-electron chi connectivity index (χ4n) is 3.32. The summed E-state index contributed by atoms with van der Waals surface area (Å²) in [6.07, 6.45) is 5.23. The Morgan fingerprint density at radius 1 is 1.32 bits per heavy atom. The van der Waals surface area contributed by atoms with E-state index in [1.54, 1.807) is 0 Å². The summed E-state index contributed by atoms with van der Waals surface area (Å²) in [6.45, 7) is 3.36. The van der Waals surface area contributed by atoms with Gasteiger partial charge in [-0.2, -0.15) is 0 Å². The molecule has 0 spiro atoms. The van der Waals surface area contributed by atoms with E-state index in [0.717, 1.165) is 18.2 Å². The summed E-state index contributed by atoms with van der Waals surface area (Å²) in [7, 11) is 0. The van der Waals surface area contributed by atoms with E-state index in [1.165, 1.54) is 44.8 Å². The van der Waals surface area contributed by atoms with E-state index in [4.69, 9.17) is 0 Å². The molecule has 104 valence electrons. The lowest BCUT2D eigenvalue weighted by molar-refractivity contribution is 0.166. The molecule has 0 bridgehead atoms. The molecule has 1 aromatic carbocycles. The Labute approximate surface area is 122 Å². The number of piperidine rings is 1. The summed E-state index contributed by atoms with van der Waals surface area (Å²) >= 11 is 3.24. The van der Waals surface area contributed by atoms with Gasteiger partial charge in [-0.25, -0.2) is 4.39 Å². The number of benzene rings is 1. The lowest BCUT2D eigenvalue weighted by Crippen LogP contribution is -2.45. The van der Waals surface area contributed by atoms with Gasteiger partial charge in [0.05, 0.1) is 4.47 Å². The van der Waals surface area contributed by atoms with Gasteiger partial charge in [0.25, 0.3) is 0 Å². The first-order chi connectivity index (χ1) is 9.22. The highest BCUT2D eigenvalue weighted by atomic mass is 79.9. The van der Waals surface area contributed by atoms with E-state index in [1.807, 2.05) is 12.1 Å². The van der Waals surface area contributed by atoms with Crippen LogP contribution in [0, 0.1) is 5.82 Å². The summed E-state index contributed by atoms with van der Waals surface area (Å²) in [5, 5.41) is 3.63. The third-order valence-electron chi connectivity index (χ3n) is 4.40. The molecule has 0 radical (unpaired) electrons. The minimum Gasteiger partial charge on any atom is -0.310 e. The van der Waals surface area contributed by atoms with E-state index in [0.29, 0.717) is 10.5 Å². The van der Waals surface area contributed by atoms with Gasteiger partial charge in [0.2, 0.25) is 0 Å². The van der Waals surface area contributed by atoms with Gasteiger partial charge in [-0.15, -0.1) is 0 Å².